The van der Waals surface area contributed by atoms with E-state index in [0.717, 1.165) is 0 Å². The molecule has 4 nitrogen and oxygen atoms in total. The van der Waals surface area contributed by atoms with Crippen LogP contribution in [0.5, 0.6) is 0 Å². The van der Waals surface area contributed by atoms with Crippen molar-refractivity contribution >= 4 is 27.8 Å². The Morgan fingerprint density at radius 1 is 1.42 bits per heavy atom. The molecular weight excluding hydrogens is 317 g/mol. The van der Waals surface area contributed by atoms with E-state index < -0.39 is 11.7 Å². The van der Waals surface area contributed by atoms with Crippen LogP contribution < -0.4 is 5.32 Å². The zero-order valence-electron chi connectivity index (χ0n) is 10.5. The highest BCUT2D eigenvalue weighted by atomic mass is 79.9. The maximum absolute atomic E-state index is 13.5. The summed E-state index contributed by atoms with van der Waals surface area (Å²) in [6.07, 6.45) is 0.684. The van der Waals surface area contributed by atoms with Crippen molar-refractivity contribution in [1.82, 2.24) is 5.32 Å². The highest BCUT2D eigenvalue weighted by Crippen LogP contribution is 2.19. The molecule has 0 atom stereocenters. The van der Waals surface area contributed by atoms with Crippen LogP contribution in [0.2, 0.25) is 0 Å². The van der Waals surface area contributed by atoms with Crippen LogP contribution >= 0.6 is 15.9 Å². The Hall–Kier alpha value is -1.43. The van der Waals surface area contributed by atoms with Crippen LogP contribution in [-0.4, -0.2) is 25.0 Å². The van der Waals surface area contributed by atoms with E-state index in [1.54, 1.807) is 13.0 Å². The first-order chi connectivity index (χ1) is 9.06. The lowest BCUT2D eigenvalue weighted by molar-refractivity contribution is -0.143. The van der Waals surface area contributed by atoms with Gasteiger partial charge in [0.05, 0.1) is 12.2 Å². The van der Waals surface area contributed by atoms with Crippen LogP contribution in [0.4, 0.5) is 4.39 Å². The predicted molar refractivity (Wildman–Crippen MR) is 72.3 cm³/mol. The standard InChI is InChI=1S/C13H15BrFNO3/c1-2-19-11(17)7-4-8-16-13(18)12-9(14)5-3-6-10(12)15/h3,5-6H,2,4,7-8H2,1H3,(H,16,18). The molecule has 0 fully saturated rings. The third-order valence-electron chi connectivity index (χ3n) is 2.34. The molecule has 1 rings (SSSR count). The summed E-state index contributed by atoms with van der Waals surface area (Å²) in [5.74, 6) is -1.39. The first-order valence-electron chi connectivity index (χ1n) is 5.94. The molecule has 0 radical (unpaired) electrons. The minimum Gasteiger partial charge on any atom is -0.466 e. The SMILES string of the molecule is CCOC(=O)CCCNC(=O)c1c(F)cccc1Br. The lowest BCUT2D eigenvalue weighted by Crippen LogP contribution is -2.26. The Balaban J connectivity index is 2.42. The molecule has 0 aliphatic carbocycles. The van der Waals surface area contributed by atoms with Crippen LogP contribution in [0.15, 0.2) is 22.7 Å². The number of hydrogen-bond donors (Lipinski definition) is 1. The number of nitrogens with one attached hydrogen (secondary N) is 1. The Labute approximate surface area is 119 Å². The molecule has 0 aromatic heterocycles. The summed E-state index contributed by atoms with van der Waals surface area (Å²) in [5.41, 5.74) is -0.0290. The van der Waals surface area contributed by atoms with Gasteiger partial charge in [0.1, 0.15) is 5.82 Å². The zero-order chi connectivity index (χ0) is 14.3. The molecule has 0 aliphatic heterocycles. The van der Waals surface area contributed by atoms with Crippen LogP contribution in [0, 0.1) is 5.82 Å². The van der Waals surface area contributed by atoms with Gasteiger partial charge in [-0.2, -0.15) is 0 Å². The van der Waals surface area contributed by atoms with Crippen molar-refractivity contribution in [2.24, 2.45) is 0 Å². The van der Waals surface area contributed by atoms with Gasteiger partial charge in [-0.15, -0.1) is 0 Å². The largest absolute Gasteiger partial charge is 0.466 e. The molecule has 0 bridgehead atoms. The minimum absolute atomic E-state index is 0.0290. The van der Waals surface area contributed by atoms with Crippen molar-refractivity contribution in [3.63, 3.8) is 0 Å². The summed E-state index contributed by atoms with van der Waals surface area (Å²) in [7, 11) is 0. The zero-order valence-corrected chi connectivity index (χ0v) is 12.1. The van der Waals surface area contributed by atoms with Gasteiger partial charge in [-0.1, -0.05) is 6.07 Å². The molecule has 6 heteroatoms. The van der Waals surface area contributed by atoms with Gasteiger partial charge in [0, 0.05) is 17.4 Å². The smallest absolute Gasteiger partial charge is 0.305 e. The number of halogens is 2. The van der Waals surface area contributed by atoms with E-state index in [1.165, 1.54) is 12.1 Å². The van der Waals surface area contributed by atoms with E-state index in [2.05, 4.69) is 21.2 Å². The van der Waals surface area contributed by atoms with E-state index in [1.807, 2.05) is 0 Å². The quantitative estimate of drug-likeness (QED) is 0.644. The Kier molecular flexibility index (Phi) is 6.49. The molecule has 0 saturated heterocycles. The second-order valence-electron chi connectivity index (χ2n) is 3.76. The van der Waals surface area contributed by atoms with Gasteiger partial charge in [0.15, 0.2) is 0 Å². The summed E-state index contributed by atoms with van der Waals surface area (Å²) in [5, 5.41) is 2.56. The summed E-state index contributed by atoms with van der Waals surface area (Å²) in [4.78, 5) is 22.8. The Morgan fingerprint density at radius 3 is 2.79 bits per heavy atom. The average Bonchev–Trinajstić information content (AvgIpc) is 2.35. The maximum atomic E-state index is 13.5. The number of benzene rings is 1. The van der Waals surface area contributed by atoms with Crippen molar-refractivity contribution < 1.29 is 18.7 Å². The third-order valence-corrected chi connectivity index (χ3v) is 3.00. The first kappa shape index (κ1) is 15.6. The lowest BCUT2D eigenvalue weighted by Gasteiger charge is -2.07. The van der Waals surface area contributed by atoms with Gasteiger partial charge in [0.2, 0.25) is 0 Å². The van der Waals surface area contributed by atoms with Gasteiger partial charge in [-0.25, -0.2) is 4.39 Å². The molecule has 104 valence electrons. The van der Waals surface area contributed by atoms with Gasteiger partial charge < -0.3 is 10.1 Å². The molecule has 0 aliphatic rings. The summed E-state index contributed by atoms with van der Waals surface area (Å²) >= 11 is 3.13. The number of rotatable bonds is 6. The molecule has 0 saturated carbocycles. The van der Waals surface area contributed by atoms with E-state index in [0.29, 0.717) is 24.0 Å². The summed E-state index contributed by atoms with van der Waals surface area (Å²) in [6, 6.07) is 4.33. The molecule has 0 heterocycles. The van der Waals surface area contributed by atoms with Gasteiger partial charge in [-0.05, 0) is 41.4 Å². The summed E-state index contributed by atoms with van der Waals surface area (Å²) in [6.45, 7) is 2.36. The highest BCUT2D eigenvalue weighted by Gasteiger charge is 2.14. The number of hydrogen-bond acceptors (Lipinski definition) is 3. The molecule has 0 unspecified atom stereocenters. The average molecular weight is 332 g/mol. The molecule has 1 N–H and O–H groups in total. The lowest BCUT2D eigenvalue weighted by atomic mass is 10.2. The molecule has 1 aromatic carbocycles. The molecule has 19 heavy (non-hydrogen) atoms. The fraction of sp³-hybridized carbons (Fsp3) is 0.385. The fourth-order valence-corrected chi connectivity index (χ4v) is 1.99. The molecular formula is C13H15BrFNO3. The van der Waals surface area contributed by atoms with Crippen molar-refractivity contribution in [3.8, 4) is 0 Å². The number of carbonyl (C=O) groups excluding carboxylic acids is 2. The molecule has 1 aromatic rings. The predicted octanol–water partition coefficient (Wildman–Crippen LogP) is 2.66. The van der Waals surface area contributed by atoms with E-state index >= 15 is 0 Å². The van der Waals surface area contributed by atoms with Crippen LogP contribution in [0.3, 0.4) is 0 Å². The second-order valence-corrected chi connectivity index (χ2v) is 4.62. The fourth-order valence-electron chi connectivity index (χ4n) is 1.47. The van der Waals surface area contributed by atoms with Gasteiger partial charge >= 0.3 is 5.97 Å². The topological polar surface area (TPSA) is 55.4 Å². The Morgan fingerprint density at radius 2 is 2.16 bits per heavy atom. The number of carbonyl (C=O) groups is 2. The van der Waals surface area contributed by atoms with Crippen molar-refractivity contribution in [2.45, 2.75) is 19.8 Å². The number of amides is 1. The van der Waals surface area contributed by atoms with E-state index in [9.17, 15) is 14.0 Å². The Bertz CT molecular complexity index is 445. The molecule has 0 spiro atoms. The number of ether oxygens (including phenoxy) is 1. The van der Waals surface area contributed by atoms with Crippen molar-refractivity contribution in [3.05, 3.63) is 34.1 Å². The highest BCUT2D eigenvalue weighted by molar-refractivity contribution is 9.10. The van der Waals surface area contributed by atoms with Crippen LogP contribution in [0.1, 0.15) is 30.1 Å². The van der Waals surface area contributed by atoms with Crippen molar-refractivity contribution in [2.75, 3.05) is 13.2 Å². The van der Waals surface area contributed by atoms with Crippen LogP contribution in [-0.2, 0) is 9.53 Å². The van der Waals surface area contributed by atoms with Crippen LogP contribution in [0.25, 0.3) is 0 Å². The van der Waals surface area contributed by atoms with E-state index in [-0.39, 0.29) is 18.0 Å². The first-order valence-corrected chi connectivity index (χ1v) is 6.73. The van der Waals surface area contributed by atoms with Gasteiger partial charge in [0.25, 0.3) is 5.91 Å². The third kappa shape index (κ3) is 4.98. The van der Waals surface area contributed by atoms with Crippen molar-refractivity contribution in [1.29, 1.82) is 0 Å². The number of esters is 1. The summed E-state index contributed by atoms with van der Waals surface area (Å²) < 4.78 is 18.6. The monoisotopic (exact) mass is 331 g/mol. The van der Waals surface area contributed by atoms with E-state index in [4.69, 9.17) is 4.74 Å². The minimum atomic E-state index is -0.586. The molecule has 1 amide bonds. The maximum Gasteiger partial charge on any atom is 0.305 e. The normalized spacial score (nSPS) is 10.1. The second kappa shape index (κ2) is 7.89. The van der Waals surface area contributed by atoms with Gasteiger partial charge in [-0.3, -0.25) is 9.59 Å².